The van der Waals surface area contributed by atoms with Gasteiger partial charge in [-0.25, -0.2) is 17.6 Å². The van der Waals surface area contributed by atoms with Crippen molar-refractivity contribution >= 4 is 0 Å². The lowest BCUT2D eigenvalue weighted by Crippen LogP contribution is -2.32. The van der Waals surface area contributed by atoms with E-state index >= 15 is 8.78 Å². The Morgan fingerprint density at radius 3 is 1.15 bits per heavy atom. The van der Waals surface area contributed by atoms with Gasteiger partial charge in [-0.1, -0.05) is 115 Å². The van der Waals surface area contributed by atoms with Crippen molar-refractivity contribution < 1.29 is 22.3 Å². The highest BCUT2D eigenvalue weighted by Gasteiger charge is 2.41. The Bertz CT molecular complexity index is 1260. The first-order chi connectivity index (χ1) is 25.9. The predicted molar refractivity (Wildman–Crippen MR) is 209 cm³/mol. The summed E-state index contributed by atoms with van der Waals surface area (Å²) < 4.78 is 68.2. The van der Waals surface area contributed by atoms with E-state index in [1.165, 1.54) is 103 Å². The summed E-state index contributed by atoms with van der Waals surface area (Å²) in [7, 11) is 0. The predicted octanol–water partition coefficient (Wildman–Crippen LogP) is 15.4. The third-order valence-corrected chi connectivity index (χ3v) is 14.9. The van der Waals surface area contributed by atoms with Crippen molar-refractivity contribution in [2.75, 3.05) is 0 Å². The fraction of sp³-hybridized carbons (Fsp3) is 0.750. The molecule has 0 saturated heterocycles. The highest BCUT2D eigenvalue weighted by Crippen LogP contribution is 2.51. The Balaban J connectivity index is 1.14. The van der Waals surface area contributed by atoms with Crippen molar-refractivity contribution in [3.8, 4) is 0 Å². The Kier molecular flexibility index (Phi) is 15.6. The molecule has 2 unspecified atom stereocenters. The number of unbranched alkanes of at least 4 members (excludes halogenated alkanes) is 4. The maximum Gasteiger partial charge on any atom is 0.164 e. The van der Waals surface area contributed by atoms with E-state index in [2.05, 4.69) is 13.8 Å². The molecule has 2 aromatic carbocycles. The lowest BCUT2D eigenvalue weighted by molar-refractivity contribution is -0.0962. The van der Waals surface area contributed by atoms with Crippen molar-refractivity contribution in [2.24, 2.45) is 47.3 Å². The molecule has 0 aliphatic heterocycles. The van der Waals surface area contributed by atoms with Crippen molar-refractivity contribution in [3.63, 3.8) is 0 Å². The molecular weight excluding hydrogens is 669 g/mol. The number of halogens is 4. The van der Waals surface area contributed by atoms with Gasteiger partial charge in [0.2, 0.25) is 0 Å². The molecule has 6 rings (SSSR count). The lowest BCUT2D eigenvalue weighted by atomic mass is 9.67. The molecule has 4 fully saturated rings. The fourth-order valence-corrected chi connectivity index (χ4v) is 11.6. The van der Waals surface area contributed by atoms with Crippen LogP contribution in [0.5, 0.6) is 0 Å². The molecule has 296 valence electrons. The molecule has 2 atom stereocenters. The average molecular weight is 739 g/mol. The summed E-state index contributed by atoms with van der Waals surface area (Å²) >= 11 is 0. The monoisotopic (exact) mass is 739 g/mol. The van der Waals surface area contributed by atoms with Crippen LogP contribution in [0.15, 0.2) is 36.4 Å². The number of ether oxygens (including phenoxy) is 1. The zero-order valence-corrected chi connectivity index (χ0v) is 33.1. The Morgan fingerprint density at radius 1 is 0.472 bits per heavy atom. The maximum atomic E-state index is 15.7. The fourth-order valence-electron chi connectivity index (χ4n) is 11.6. The standard InChI is InChI=1S/C48H70F4O/c1-3-5-7-11-33-17-21-35(22-18-33)37-25-29-39(30-26-37)47(41-13-9-15-43(49)45(41)51)53-48(42-14-10-16-44(50)46(42)52)40-31-27-38(28-32-40)36-23-19-34(20-24-36)12-8-6-4-2/h9-10,13-16,33-40,47-48H,3-8,11-12,17-32H2,1-2H3/t33-,34-,35-,36-,37-,38-,39-,40-,47?,48?. The second-order valence-corrected chi connectivity index (χ2v) is 18.2. The third kappa shape index (κ3) is 10.7. The zero-order chi connectivity index (χ0) is 37.2. The van der Waals surface area contributed by atoms with Gasteiger partial charge in [0.15, 0.2) is 23.3 Å². The quantitative estimate of drug-likeness (QED) is 0.123. The molecule has 0 amide bonds. The molecule has 4 saturated carbocycles. The van der Waals surface area contributed by atoms with Crippen LogP contribution >= 0.6 is 0 Å². The van der Waals surface area contributed by atoms with Crippen molar-refractivity contribution in [2.45, 2.75) is 180 Å². The van der Waals surface area contributed by atoms with Crippen molar-refractivity contribution in [1.82, 2.24) is 0 Å². The van der Waals surface area contributed by atoms with Crippen molar-refractivity contribution in [3.05, 3.63) is 70.8 Å². The molecule has 1 nitrogen and oxygen atoms in total. The number of benzene rings is 2. The molecule has 0 radical (unpaired) electrons. The summed E-state index contributed by atoms with van der Waals surface area (Å²) in [6.45, 7) is 4.55. The van der Waals surface area contributed by atoms with Gasteiger partial charge in [0.25, 0.3) is 0 Å². The van der Waals surface area contributed by atoms with Crippen LogP contribution in [-0.2, 0) is 4.74 Å². The van der Waals surface area contributed by atoms with Gasteiger partial charge in [-0.15, -0.1) is 0 Å². The first-order valence-electron chi connectivity index (χ1n) is 22.4. The van der Waals surface area contributed by atoms with Crippen LogP contribution < -0.4 is 0 Å². The van der Waals surface area contributed by atoms with Gasteiger partial charge in [-0.2, -0.15) is 0 Å². The molecule has 0 bridgehead atoms. The third-order valence-electron chi connectivity index (χ3n) is 14.9. The van der Waals surface area contributed by atoms with E-state index in [0.29, 0.717) is 11.8 Å². The Labute approximate surface area is 319 Å². The summed E-state index contributed by atoms with van der Waals surface area (Å²) in [6.07, 6.45) is 27.7. The molecule has 4 aliphatic carbocycles. The number of hydrogen-bond acceptors (Lipinski definition) is 1. The SMILES string of the molecule is CCCCC[C@H]1CC[C@H]([C@H]2CC[C@H](C(OC(c3cccc(F)c3F)[C@H]3CC[C@H]([C@H]4CC[C@H](CCCCC)CC4)CC3)c3cccc(F)c3F)CC2)CC1. The minimum Gasteiger partial charge on any atom is -0.365 e. The van der Waals surface area contributed by atoms with Crippen LogP contribution in [0.4, 0.5) is 17.6 Å². The first-order valence-corrected chi connectivity index (χ1v) is 22.4. The van der Waals surface area contributed by atoms with Crippen LogP contribution in [0.2, 0.25) is 0 Å². The summed E-state index contributed by atoms with van der Waals surface area (Å²) in [6, 6.07) is 8.77. The number of hydrogen-bond donors (Lipinski definition) is 0. The minimum absolute atomic E-state index is 0.00379. The molecule has 53 heavy (non-hydrogen) atoms. The normalized spacial score (nSPS) is 30.9. The van der Waals surface area contributed by atoms with Crippen LogP contribution in [0.3, 0.4) is 0 Å². The molecule has 5 heteroatoms. The van der Waals surface area contributed by atoms with E-state index in [0.717, 1.165) is 87.2 Å². The highest BCUT2D eigenvalue weighted by molar-refractivity contribution is 5.25. The lowest BCUT2D eigenvalue weighted by Gasteiger charge is -2.43. The van der Waals surface area contributed by atoms with E-state index < -0.39 is 35.5 Å². The molecule has 0 aromatic heterocycles. The van der Waals surface area contributed by atoms with Crippen molar-refractivity contribution in [1.29, 1.82) is 0 Å². The molecule has 0 N–H and O–H groups in total. The number of rotatable bonds is 16. The summed E-state index contributed by atoms with van der Waals surface area (Å²) in [5.41, 5.74) is 0.458. The van der Waals surface area contributed by atoms with E-state index in [4.69, 9.17) is 4.74 Å². The zero-order valence-electron chi connectivity index (χ0n) is 33.1. The van der Waals surface area contributed by atoms with E-state index in [9.17, 15) is 8.78 Å². The van der Waals surface area contributed by atoms with Gasteiger partial charge in [0, 0.05) is 11.1 Å². The van der Waals surface area contributed by atoms with Gasteiger partial charge >= 0.3 is 0 Å². The van der Waals surface area contributed by atoms with Crippen LogP contribution in [0, 0.1) is 70.6 Å². The van der Waals surface area contributed by atoms with Gasteiger partial charge in [-0.3, -0.25) is 0 Å². The van der Waals surface area contributed by atoms with E-state index in [1.807, 2.05) is 0 Å². The molecular formula is C48H70F4O. The summed E-state index contributed by atoms with van der Waals surface area (Å²) in [5.74, 6) is 1.10. The Morgan fingerprint density at radius 2 is 0.811 bits per heavy atom. The minimum atomic E-state index is -0.880. The summed E-state index contributed by atoms with van der Waals surface area (Å²) in [4.78, 5) is 0. The second kappa shape index (κ2) is 20.3. The van der Waals surface area contributed by atoms with Crippen LogP contribution in [0.25, 0.3) is 0 Å². The Hall–Kier alpha value is -1.88. The van der Waals surface area contributed by atoms with Gasteiger partial charge < -0.3 is 4.74 Å². The van der Waals surface area contributed by atoms with E-state index in [-0.39, 0.29) is 23.0 Å². The maximum absolute atomic E-state index is 15.7. The van der Waals surface area contributed by atoms with Gasteiger partial charge in [-0.05, 0) is 137 Å². The largest absolute Gasteiger partial charge is 0.365 e. The smallest absolute Gasteiger partial charge is 0.164 e. The average Bonchev–Trinajstić information content (AvgIpc) is 3.19. The highest BCUT2D eigenvalue weighted by atomic mass is 19.2. The van der Waals surface area contributed by atoms with Gasteiger partial charge in [0.1, 0.15) is 0 Å². The van der Waals surface area contributed by atoms with Crippen LogP contribution in [0.1, 0.15) is 191 Å². The molecule has 4 aliphatic rings. The molecule has 0 spiro atoms. The topological polar surface area (TPSA) is 9.23 Å². The molecule has 0 heterocycles. The first kappa shape index (κ1) is 40.8. The van der Waals surface area contributed by atoms with E-state index in [1.54, 1.807) is 24.3 Å². The summed E-state index contributed by atoms with van der Waals surface area (Å²) in [5, 5.41) is 0. The van der Waals surface area contributed by atoms with Crippen LogP contribution in [-0.4, -0.2) is 0 Å². The molecule has 2 aromatic rings. The second-order valence-electron chi connectivity index (χ2n) is 18.2. The van der Waals surface area contributed by atoms with Gasteiger partial charge in [0.05, 0.1) is 12.2 Å².